The fourth-order valence-electron chi connectivity index (χ4n) is 3.06. The molecule has 1 unspecified atom stereocenters. The highest BCUT2D eigenvalue weighted by Crippen LogP contribution is 2.29. The van der Waals surface area contributed by atoms with Crippen molar-refractivity contribution in [3.8, 4) is 5.69 Å². The van der Waals surface area contributed by atoms with Gasteiger partial charge in [0.05, 0.1) is 11.3 Å². The molecule has 25 heavy (non-hydrogen) atoms. The summed E-state index contributed by atoms with van der Waals surface area (Å²) in [5.41, 5.74) is 7.10. The zero-order valence-electron chi connectivity index (χ0n) is 14.1. The van der Waals surface area contributed by atoms with Crippen molar-refractivity contribution in [2.24, 2.45) is 11.7 Å². The van der Waals surface area contributed by atoms with Gasteiger partial charge in [-0.25, -0.2) is 4.79 Å². The Morgan fingerprint density at radius 2 is 1.56 bits per heavy atom. The first-order chi connectivity index (χ1) is 11.9. The maximum absolute atomic E-state index is 13.2. The van der Waals surface area contributed by atoms with Gasteiger partial charge in [0.2, 0.25) is 0 Å². The smallest absolute Gasteiger partial charge is 0.338 e. The Kier molecular flexibility index (Phi) is 4.42. The van der Waals surface area contributed by atoms with E-state index in [4.69, 9.17) is 5.73 Å². The molecule has 0 bridgehead atoms. The number of nitrogens with zero attached hydrogens (tertiary/aromatic N) is 1. The number of carboxylic acid groups (broad SMARTS) is 1. The quantitative estimate of drug-likeness (QED) is 0.765. The van der Waals surface area contributed by atoms with Crippen LogP contribution in [0.4, 0.5) is 0 Å². The Morgan fingerprint density at radius 1 is 1.00 bits per heavy atom. The number of aromatic nitrogens is 1. The molecule has 3 N–H and O–H groups in total. The summed E-state index contributed by atoms with van der Waals surface area (Å²) in [6, 6.07) is 15.2. The third kappa shape index (κ3) is 2.83. The maximum Gasteiger partial charge on any atom is 0.338 e. The van der Waals surface area contributed by atoms with Crippen LogP contribution in [0, 0.1) is 5.92 Å². The lowest BCUT2D eigenvalue weighted by molar-refractivity contribution is 0.0696. The normalized spacial score (nSPS) is 12.5. The summed E-state index contributed by atoms with van der Waals surface area (Å²) in [6.07, 6.45) is 0. The van der Waals surface area contributed by atoms with Gasteiger partial charge in [-0.2, -0.15) is 0 Å². The first-order valence-corrected chi connectivity index (χ1v) is 8.15. The van der Waals surface area contributed by atoms with Gasteiger partial charge in [0.1, 0.15) is 0 Å². The molecule has 3 rings (SSSR count). The minimum atomic E-state index is -1.09. The summed E-state index contributed by atoms with van der Waals surface area (Å²) >= 11 is 0. The molecule has 1 heterocycles. The van der Waals surface area contributed by atoms with Gasteiger partial charge in [-0.05, 0) is 24.1 Å². The SMILES string of the molecule is CC(C)C(N)c1c(C(=O)O)c2ccccc2c(=O)n1-c1ccccc1. The molecular formula is C20H20N2O3. The van der Waals surface area contributed by atoms with Crippen molar-refractivity contribution in [3.05, 3.63) is 76.2 Å². The zero-order chi connectivity index (χ0) is 18.1. The number of nitrogens with two attached hydrogens (primary N) is 1. The average Bonchev–Trinajstić information content (AvgIpc) is 2.61. The Balaban J connectivity index is 2.56. The molecule has 5 heteroatoms. The topological polar surface area (TPSA) is 85.3 Å². The summed E-state index contributed by atoms with van der Waals surface area (Å²) in [5, 5.41) is 10.7. The van der Waals surface area contributed by atoms with E-state index in [1.165, 1.54) is 4.57 Å². The highest BCUT2D eigenvalue weighted by Gasteiger charge is 2.27. The molecule has 0 saturated heterocycles. The fraction of sp³-hybridized carbons (Fsp3) is 0.200. The lowest BCUT2D eigenvalue weighted by Crippen LogP contribution is -2.32. The van der Waals surface area contributed by atoms with Gasteiger partial charge in [0, 0.05) is 22.5 Å². The molecule has 1 aromatic heterocycles. The number of fused-ring (bicyclic) bond motifs is 1. The van der Waals surface area contributed by atoms with Gasteiger partial charge in [0.15, 0.2) is 0 Å². The number of aromatic carboxylic acids is 1. The van der Waals surface area contributed by atoms with E-state index in [1.807, 2.05) is 32.0 Å². The number of carbonyl (C=O) groups is 1. The second kappa shape index (κ2) is 6.53. The molecule has 0 amide bonds. The number of hydrogen-bond acceptors (Lipinski definition) is 3. The molecule has 0 aliphatic rings. The summed E-state index contributed by atoms with van der Waals surface area (Å²) < 4.78 is 1.44. The number of hydrogen-bond donors (Lipinski definition) is 2. The van der Waals surface area contributed by atoms with Crippen molar-refractivity contribution in [2.45, 2.75) is 19.9 Å². The van der Waals surface area contributed by atoms with E-state index in [-0.39, 0.29) is 17.0 Å². The number of pyridine rings is 1. The Labute approximate surface area is 145 Å². The van der Waals surface area contributed by atoms with Crippen LogP contribution in [0.15, 0.2) is 59.4 Å². The van der Waals surface area contributed by atoms with Crippen LogP contribution in [-0.2, 0) is 0 Å². The van der Waals surface area contributed by atoms with E-state index in [0.717, 1.165) is 0 Å². The van der Waals surface area contributed by atoms with Crippen molar-refractivity contribution in [1.82, 2.24) is 4.57 Å². The first kappa shape index (κ1) is 16.9. The fourth-order valence-corrected chi connectivity index (χ4v) is 3.06. The summed E-state index contributed by atoms with van der Waals surface area (Å²) in [7, 11) is 0. The number of carboxylic acids is 1. The van der Waals surface area contributed by atoms with E-state index in [0.29, 0.717) is 22.2 Å². The van der Waals surface area contributed by atoms with Crippen molar-refractivity contribution < 1.29 is 9.90 Å². The Hall–Kier alpha value is -2.92. The monoisotopic (exact) mass is 336 g/mol. The van der Waals surface area contributed by atoms with Crippen LogP contribution in [0.5, 0.6) is 0 Å². The van der Waals surface area contributed by atoms with Gasteiger partial charge in [0.25, 0.3) is 5.56 Å². The molecule has 5 nitrogen and oxygen atoms in total. The molecule has 0 radical (unpaired) electrons. The van der Waals surface area contributed by atoms with Crippen LogP contribution >= 0.6 is 0 Å². The van der Waals surface area contributed by atoms with E-state index in [2.05, 4.69) is 0 Å². The molecular weight excluding hydrogens is 316 g/mol. The molecule has 128 valence electrons. The lowest BCUT2D eigenvalue weighted by atomic mass is 9.93. The number of para-hydroxylation sites is 1. The zero-order valence-corrected chi connectivity index (χ0v) is 14.1. The highest BCUT2D eigenvalue weighted by atomic mass is 16.4. The van der Waals surface area contributed by atoms with Gasteiger partial charge < -0.3 is 10.8 Å². The van der Waals surface area contributed by atoms with E-state index in [1.54, 1.807) is 36.4 Å². The van der Waals surface area contributed by atoms with Crippen LogP contribution < -0.4 is 11.3 Å². The third-order valence-electron chi connectivity index (χ3n) is 4.39. The molecule has 2 aromatic carbocycles. The van der Waals surface area contributed by atoms with Crippen molar-refractivity contribution >= 4 is 16.7 Å². The predicted octanol–water partition coefficient (Wildman–Crippen LogP) is 3.34. The minimum Gasteiger partial charge on any atom is -0.478 e. The van der Waals surface area contributed by atoms with Gasteiger partial charge in [-0.15, -0.1) is 0 Å². The van der Waals surface area contributed by atoms with E-state index >= 15 is 0 Å². The summed E-state index contributed by atoms with van der Waals surface area (Å²) in [5.74, 6) is -1.12. The largest absolute Gasteiger partial charge is 0.478 e. The third-order valence-corrected chi connectivity index (χ3v) is 4.39. The first-order valence-electron chi connectivity index (χ1n) is 8.15. The van der Waals surface area contributed by atoms with Crippen LogP contribution in [-0.4, -0.2) is 15.6 Å². The maximum atomic E-state index is 13.2. The van der Waals surface area contributed by atoms with Gasteiger partial charge in [-0.3, -0.25) is 9.36 Å². The average molecular weight is 336 g/mol. The molecule has 0 saturated carbocycles. The molecule has 0 aliphatic heterocycles. The second-order valence-corrected chi connectivity index (χ2v) is 6.36. The molecule has 1 atom stereocenters. The summed E-state index contributed by atoms with van der Waals surface area (Å²) in [6.45, 7) is 3.82. The Morgan fingerprint density at radius 3 is 2.12 bits per heavy atom. The van der Waals surface area contributed by atoms with Crippen molar-refractivity contribution in [3.63, 3.8) is 0 Å². The van der Waals surface area contributed by atoms with Crippen LogP contribution in [0.25, 0.3) is 16.5 Å². The number of rotatable bonds is 4. The second-order valence-electron chi connectivity index (χ2n) is 6.36. The van der Waals surface area contributed by atoms with E-state index < -0.39 is 12.0 Å². The van der Waals surface area contributed by atoms with Gasteiger partial charge >= 0.3 is 5.97 Å². The molecule has 0 spiro atoms. The van der Waals surface area contributed by atoms with Crippen molar-refractivity contribution in [1.29, 1.82) is 0 Å². The number of benzene rings is 2. The predicted molar refractivity (Wildman–Crippen MR) is 98.3 cm³/mol. The van der Waals surface area contributed by atoms with Crippen LogP contribution in [0.2, 0.25) is 0 Å². The molecule has 0 fully saturated rings. The highest BCUT2D eigenvalue weighted by molar-refractivity contribution is 6.04. The van der Waals surface area contributed by atoms with Crippen LogP contribution in [0.1, 0.15) is 35.9 Å². The molecule has 3 aromatic rings. The Bertz CT molecular complexity index is 991. The standard InChI is InChI=1S/C20H20N2O3/c1-12(2)17(21)18-16(20(24)25)14-10-6-7-11-15(14)19(23)22(18)13-8-4-3-5-9-13/h3-12,17H,21H2,1-2H3,(H,24,25). The minimum absolute atomic E-state index is 0.0337. The van der Waals surface area contributed by atoms with Gasteiger partial charge in [-0.1, -0.05) is 50.2 Å². The summed E-state index contributed by atoms with van der Waals surface area (Å²) in [4.78, 5) is 25.3. The van der Waals surface area contributed by atoms with E-state index in [9.17, 15) is 14.7 Å². The van der Waals surface area contributed by atoms with Crippen LogP contribution in [0.3, 0.4) is 0 Å². The molecule has 0 aliphatic carbocycles. The lowest BCUT2D eigenvalue weighted by Gasteiger charge is -2.24. The van der Waals surface area contributed by atoms with Crippen molar-refractivity contribution in [2.75, 3.05) is 0 Å².